The molecule has 0 aliphatic carbocycles. The first kappa shape index (κ1) is 18.7. The van der Waals surface area contributed by atoms with Gasteiger partial charge in [0.1, 0.15) is 11.6 Å². The lowest BCUT2D eigenvalue weighted by Crippen LogP contribution is -2.24. The number of carbonyl (C=O) groups excluding carboxylic acids is 1. The Balaban J connectivity index is 1.58. The van der Waals surface area contributed by atoms with Crippen molar-refractivity contribution in [3.8, 4) is 5.75 Å². The number of aryl methyl sites for hydroxylation is 1. The molecule has 146 valence electrons. The molecule has 4 aromatic rings. The van der Waals surface area contributed by atoms with E-state index in [4.69, 9.17) is 9.72 Å². The van der Waals surface area contributed by atoms with Crippen LogP contribution >= 0.6 is 0 Å². The fourth-order valence-electron chi connectivity index (χ4n) is 3.43. The van der Waals surface area contributed by atoms with Crippen LogP contribution in [0.3, 0.4) is 0 Å². The van der Waals surface area contributed by atoms with Crippen molar-refractivity contribution < 1.29 is 9.53 Å². The van der Waals surface area contributed by atoms with Crippen molar-refractivity contribution in [1.82, 2.24) is 14.9 Å². The van der Waals surface area contributed by atoms with Gasteiger partial charge in [0.15, 0.2) is 0 Å². The number of imidazole rings is 1. The van der Waals surface area contributed by atoms with E-state index in [1.165, 1.54) is 11.1 Å². The SMILES string of the molecule is COc1ccc(C(=O)NCc2nc3ccccc3n2Cc2cccc(C)c2)cc1. The summed E-state index contributed by atoms with van der Waals surface area (Å²) >= 11 is 0. The third kappa shape index (κ3) is 4.14. The Labute approximate surface area is 170 Å². The maximum atomic E-state index is 12.6. The molecule has 1 amide bonds. The molecule has 1 aromatic heterocycles. The molecular formula is C24H23N3O2. The molecule has 29 heavy (non-hydrogen) atoms. The highest BCUT2D eigenvalue weighted by Crippen LogP contribution is 2.19. The Kier molecular flexibility index (Phi) is 5.29. The van der Waals surface area contributed by atoms with Gasteiger partial charge in [-0.2, -0.15) is 0 Å². The summed E-state index contributed by atoms with van der Waals surface area (Å²) in [6.45, 7) is 3.15. The Morgan fingerprint density at radius 3 is 2.59 bits per heavy atom. The van der Waals surface area contributed by atoms with E-state index in [9.17, 15) is 4.79 Å². The van der Waals surface area contributed by atoms with E-state index < -0.39 is 0 Å². The number of nitrogens with one attached hydrogen (secondary N) is 1. The maximum absolute atomic E-state index is 12.6. The van der Waals surface area contributed by atoms with Crippen LogP contribution in [-0.2, 0) is 13.1 Å². The van der Waals surface area contributed by atoms with Crippen LogP contribution in [0.1, 0.15) is 27.3 Å². The number of fused-ring (bicyclic) bond motifs is 1. The first-order valence-electron chi connectivity index (χ1n) is 9.56. The van der Waals surface area contributed by atoms with Crippen LogP contribution in [0.5, 0.6) is 5.75 Å². The second-order valence-electron chi connectivity index (χ2n) is 7.00. The van der Waals surface area contributed by atoms with Crippen molar-refractivity contribution in [3.63, 3.8) is 0 Å². The molecule has 3 aromatic carbocycles. The minimum atomic E-state index is -0.137. The molecule has 0 aliphatic heterocycles. The fourth-order valence-corrected chi connectivity index (χ4v) is 3.43. The lowest BCUT2D eigenvalue weighted by Gasteiger charge is -2.11. The standard InChI is InChI=1S/C24H23N3O2/c1-17-6-5-7-18(14-17)16-27-22-9-4-3-8-21(22)26-23(27)15-25-24(28)19-10-12-20(29-2)13-11-19/h3-14H,15-16H2,1-2H3,(H,25,28). The zero-order valence-electron chi connectivity index (χ0n) is 16.6. The molecule has 5 heteroatoms. The van der Waals surface area contributed by atoms with E-state index in [-0.39, 0.29) is 5.91 Å². The second-order valence-corrected chi connectivity index (χ2v) is 7.00. The Morgan fingerprint density at radius 2 is 1.83 bits per heavy atom. The van der Waals surface area contributed by atoms with Gasteiger partial charge < -0.3 is 14.6 Å². The first-order valence-corrected chi connectivity index (χ1v) is 9.56. The highest BCUT2D eigenvalue weighted by Gasteiger charge is 2.13. The highest BCUT2D eigenvalue weighted by atomic mass is 16.5. The number of hydrogen-bond acceptors (Lipinski definition) is 3. The minimum absolute atomic E-state index is 0.137. The van der Waals surface area contributed by atoms with Crippen molar-refractivity contribution in [2.45, 2.75) is 20.0 Å². The van der Waals surface area contributed by atoms with Gasteiger partial charge in [-0.05, 0) is 48.9 Å². The predicted octanol–water partition coefficient (Wildman–Crippen LogP) is 4.33. The Morgan fingerprint density at radius 1 is 1.03 bits per heavy atom. The van der Waals surface area contributed by atoms with Gasteiger partial charge in [-0.25, -0.2) is 4.98 Å². The number of nitrogens with zero attached hydrogens (tertiary/aromatic N) is 2. The summed E-state index contributed by atoms with van der Waals surface area (Å²) in [4.78, 5) is 17.3. The van der Waals surface area contributed by atoms with Gasteiger partial charge in [0.25, 0.3) is 5.91 Å². The van der Waals surface area contributed by atoms with Crippen LogP contribution in [0.15, 0.2) is 72.8 Å². The number of para-hydroxylation sites is 2. The van der Waals surface area contributed by atoms with E-state index >= 15 is 0 Å². The van der Waals surface area contributed by atoms with Crippen molar-refractivity contribution >= 4 is 16.9 Å². The monoisotopic (exact) mass is 385 g/mol. The summed E-state index contributed by atoms with van der Waals surface area (Å²) in [5, 5.41) is 2.99. The van der Waals surface area contributed by atoms with Crippen LogP contribution in [0.25, 0.3) is 11.0 Å². The average molecular weight is 385 g/mol. The summed E-state index contributed by atoms with van der Waals surface area (Å²) in [7, 11) is 1.60. The molecule has 0 radical (unpaired) electrons. The molecule has 0 saturated heterocycles. The first-order chi connectivity index (χ1) is 14.1. The van der Waals surface area contributed by atoms with Crippen LogP contribution in [-0.4, -0.2) is 22.6 Å². The maximum Gasteiger partial charge on any atom is 0.251 e. The number of methoxy groups -OCH3 is 1. The predicted molar refractivity (Wildman–Crippen MR) is 114 cm³/mol. The molecule has 0 unspecified atom stereocenters. The summed E-state index contributed by atoms with van der Waals surface area (Å²) in [5.41, 5.74) is 5.00. The third-order valence-electron chi connectivity index (χ3n) is 4.92. The highest BCUT2D eigenvalue weighted by molar-refractivity contribution is 5.94. The average Bonchev–Trinajstić information content (AvgIpc) is 3.09. The normalized spacial score (nSPS) is 10.8. The Bertz CT molecular complexity index is 1150. The molecule has 1 heterocycles. The largest absolute Gasteiger partial charge is 0.497 e. The molecule has 0 saturated carbocycles. The molecule has 1 N–H and O–H groups in total. The van der Waals surface area contributed by atoms with E-state index in [2.05, 4.69) is 47.1 Å². The number of benzene rings is 3. The fraction of sp³-hybridized carbons (Fsp3) is 0.167. The molecule has 0 aliphatic rings. The van der Waals surface area contributed by atoms with Gasteiger partial charge in [0.05, 0.1) is 24.7 Å². The van der Waals surface area contributed by atoms with Crippen molar-refractivity contribution in [3.05, 3.63) is 95.3 Å². The van der Waals surface area contributed by atoms with E-state index in [0.29, 0.717) is 18.7 Å². The molecule has 5 nitrogen and oxygen atoms in total. The molecular weight excluding hydrogens is 362 g/mol. The van der Waals surface area contributed by atoms with Crippen LogP contribution in [0, 0.1) is 6.92 Å². The Hall–Kier alpha value is -3.60. The van der Waals surface area contributed by atoms with Crippen molar-refractivity contribution in [1.29, 1.82) is 0 Å². The van der Waals surface area contributed by atoms with Gasteiger partial charge in [0, 0.05) is 12.1 Å². The number of ether oxygens (including phenoxy) is 1. The minimum Gasteiger partial charge on any atom is -0.497 e. The van der Waals surface area contributed by atoms with E-state index in [0.717, 1.165) is 22.6 Å². The van der Waals surface area contributed by atoms with E-state index in [1.54, 1.807) is 31.4 Å². The zero-order chi connectivity index (χ0) is 20.2. The third-order valence-corrected chi connectivity index (χ3v) is 4.92. The number of rotatable bonds is 6. The van der Waals surface area contributed by atoms with Crippen LogP contribution in [0.4, 0.5) is 0 Å². The molecule has 0 bridgehead atoms. The van der Waals surface area contributed by atoms with Gasteiger partial charge in [0.2, 0.25) is 0 Å². The van der Waals surface area contributed by atoms with Gasteiger partial charge in [-0.1, -0.05) is 42.0 Å². The van der Waals surface area contributed by atoms with Crippen LogP contribution < -0.4 is 10.1 Å². The smallest absolute Gasteiger partial charge is 0.251 e. The van der Waals surface area contributed by atoms with Gasteiger partial charge in [-0.3, -0.25) is 4.79 Å². The summed E-state index contributed by atoms with van der Waals surface area (Å²) in [6, 6.07) is 23.6. The summed E-state index contributed by atoms with van der Waals surface area (Å²) < 4.78 is 7.31. The summed E-state index contributed by atoms with van der Waals surface area (Å²) in [6.07, 6.45) is 0. The summed E-state index contributed by atoms with van der Waals surface area (Å²) in [5.74, 6) is 1.41. The quantitative estimate of drug-likeness (QED) is 0.537. The van der Waals surface area contributed by atoms with Crippen molar-refractivity contribution in [2.75, 3.05) is 7.11 Å². The lowest BCUT2D eigenvalue weighted by atomic mass is 10.1. The topological polar surface area (TPSA) is 56.1 Å². The molecule has 0 spiro atoms. The molecule has 0 fully saturated rings. The molecule has 0 atom stereocenters. The zero-order valence-corrected chi connectivity index (χ0v) is 16.6. The van der Waals surface area contributed by atoms with Gasteiger partial charge in [-0.15, -0.1) is 0 Å². The van der Waals surface area contributed by atoms with Crippen LogP contribution in [0.2, 0.25) is 0 Å². The van der Waals surface area contributed by atoms with E-state index in [1.807, 2.05) is 18.2 Å². The number of hydrogen-bond donors (Lipinski definition) is 1. The lowest BCUT2D eigenvalue weighted by molar-refractivity contribution is 0.0949. The number of carbonyl (C=O) groups is 1. The van der Waals surface area contributed by atoms with Crippen molar-refractivity contribution in [2.24, 2.45) is 0 Å². The van der Waals surface area contributed by atoms with Gasteiger partial charge >= 0.3 is 0 Å². The number of aromatic nitrogens is 2. The number of amides is 1. The second kappa shape index (κ2) is 8.19. The molecule has 4 rings (SSSR count).